The predicted octanol–water partition coefficient (Wildman–Crippen LogP) is 5.02. The smallest absolute Gasteiger partial charge is 0.387 e. The molecule has 0 aromatic heterocycles. The van der Waals surface area contributed by atoms with E-state index in [1.807, 2.05) is 18.2 Å². The molecule has 0 spiro atoms. The van der Waals surface area contributed by atoms with Gasteiger partial charge in [-0.05, 0) is 35.2 Å². The first-order valence-electron chi connectivity index (χ1n) is 6.93. The summed E-state index contributed by atoms with van der Waals surface area (Å²) in [4.78, 5) is 0. The Hall–Kier alpha value is -2.10. The van der Waals surface area contributed by atoms with Gasteiger partial charge in [0.05, 0.1) is 0 Å². The molecule has 0 fully saturated rings. The minimum absolute atomic E-state index is 0.177. The zero-order valence-corrected chi connectivity index (χ0v) is 12.1. The summed E-state index contributed by atoms with van der Waals surface area (Å²) in [6.07, 6.45) is 0. The molecule has 0 unspecified atom stereocenters. The van der Waals surface area contributed by atoms with Crippen LogP contribution in [0.5, 0.6) is 5.75 Å². The quantitative estimate of drug-likeness (QED) is 0.806. The van der Waals surface area contributed by atoms with Crippen molar-refractivity contribution in [2.24, 2.45) is 0 Å². The van der Waals surface area contributed by atoms with Crippen LogP contribution < -0.4 is 10.1 Å². The third kappa shape index (κ3) is 4.45. The second-order valence-electron chi connectivity index (χ2n) is 5.12. The lowest BCUT2D eigenvalue weighted by molar-refractivity contribution is -0.0498. The van der Waals surface area contributed by atoms with Gasteiger partial charge in [0.1, 0.15) is 5.75 Å². The molecule has 1 N–H and O–H groups in total. The molecule has 0 saturated carbocycles. The minimum atomic E-state index is -2.79. The predicted molar refractivity (Wildman–Crippen MR) is 80.9 cm³/mol. The number of hydrogen-bond acceptors (Lipinski definition) is 2. The van der Waals surface area contributed by atoms with E-state index in [0.29, 0.717) is 12.5 Å². The molecule has 0 atom stereocenters. The summed E-state index contributed by atoms with van der Waals surface area (Å²) in [5.74, 6) is 0.617. The number of rotatable bonds is 6. The van der Waals surface area contributed by atoms with Gasteiger partial charge in [-0.25, -0.2) is 0 Å². The third-order valence-electron chi connectivity index (χ3n) is 3.21. The summed E-state index contributed by atoms with van der Waals surface area (Å²) in [5.41, 5.74) is 3.37. The zero-order chi connectivity index (χ0) is 15.2. The molecule has 0 radical (unpaired) electrons. The largest absolute Gasteiger partial charge is 0.435 e. The van der Waals surface area contributed by atoms with E-state index in [-0.39, 0.29) is 5.75 Å². The Kier molecular flexibility index (Phi) is 5.14. The van der Waals surface area contributed by atoms with Gasteiger partial charge >= 0.3 is 6.61 Å². The van der Waals surface area contributed by atoms with Crippen molar-refractivity contribution in [1.82, 2.24) is 0 Å². The number of anilines is 1. The van der Waals surface area contributed by atoms with E-state index in [1.165, 1.54) is 5.56 Å². The fourth-order valence-electron chi connectivity index (χ4n) is 2.15. The molecule has 0 heterocycles. The summed E-state index contributed by atoms with van der Waals surface area (Å²) in [6, 6.07) is 14.8. The Labute approximate surface area is 123 Å². The standard InChI is InChI=1S/C17H19F2NO/c1-12(2)15-5-3-4-6-16(15)20-11-13-7-9-14(10-8-13)21-17(18)19/h3-10,12,17,20H,11H2,1-2H3. The van der Waals surface area contributed by atoms with Gasteiger partial charge in [-0.1, -0.05) is 44.2 Å². The summed E-state index contributed by atoms with van der Waals surface area (Å²) >= 11 is 0. The number of alkyl halides is 2. The Balaban J connectivity index is 2.00. The maximum absolute atomic E-state index is 12.1. The molecular weight excluding hydrogens is 272 g/mol. The zero-order valence-electron chi connectivity index (χ0n) is 12.1. The maximum atomic E-state index is 12.1. The molecule has 0 aliphatic carbocycles. The van der Waals surface area contributed by atoms with Crippen LogP contribution in [0.15, 0.2) is 48.5 Å². The summed E-state index contributed by atoms with van der Waals surface area (Å²) in [5, 5.41) is 3.38. The first kappa shape index (κ1) is 15.3. The molecule has 0 bridgehead atoms. The number of hydrogen-bond donors (Lipinski definition) is 1. The highest BCUT2D eigenvalue weighted by Gasteiger charge is 2.06. The molecule has 2 nitrogen and oxygen atoms in total. The second kappa shape index (κ2) is 7.07. The number of benzene rings is 2. The lowest BCUT2D eigenvalue weighted by Gasteiger charge is -2.14. The van der Waals surface area contributed by atoms with Crippen LogP contribution >= 0.6 is 0 Å². The van der Waals surface area contributed by atoms with Gasteiger partial charge in [0.15, 0.2) is 0 Å². The molecule has 0 aliphatic heterocycles. The van der Waals surface area contributed by atoms with Gasteiger partial charge in [0, 0.05) is 12.2 Å². The van der Waals surface area contributed by atoms with Crippen molar-refractivity contribution in [2.45, 2.75) is 32.9 Å². The van der Waals surface area contributed by atoms with Gasteiger partial charge in [0.25, 0.3) is 0 Å². The normalized spacial score (nSPS) is 11.0. The fraction of sp³-hybridized carbons (Fsp3) is 0.294. The molecule has 0 aliphatic rings. The highest BCUT2D eigenvalue weighted by molar-refractivity contribution is 5.52. The van der Waals surface area contributed by atoms with Crippen LogP contribution in [0.4, 0.5) is 14.5 Å². The van der Waals surface area contributed by atoms with E-state index in [2.05, 4.69) is 30.0 Å². The van der Waals surface area contributed by atoms with E-state index in [4.69, 9.17) is 0 Å². The van der Waals surface area contributed by atoms with Crippen molar-refractivity contribution >= 4 is 5.69 Å². The van der Waals surface area contributed by atoms with Crippen LogP contribution in [0.3, 0.4) is 0 Å². The average molecular weight is 291 g/mol. The maximum Gasteiger partial charge on any atom is 0.387 e. The van der Waals surface area contributed by atoms with Crippen LogP contribution in [0.25, 0.3) is 0 Å². The van der Waals surface area contributed by atoms with Gasteiger partial charge in [-0.2, -0.15) is 8.78 Å². The lowest BCUT2D eigenvalue weighted by Crippen LogP contribution is -2.04. The molecule has 0 amide bonds. The van der Waals surface area contributed by atoms with E-state index in [1.54, 1.807) is 24.3 Å². The Morgan fingerprint density at radius 1 is 1.00 bits per heavy atom. The molecule has 2 aromatic carbocycles. The molecule has 4 heteroatoms. The van der Waals surface area contributed by atoms with Crippen molar-refractivity contribution in [3.63, 3.8) is 0 Å². The Morgan fingerprint density at radius 3 is 2.29 bits per heavy atom. The van der Waals surface area contributed by atoms with Crippen LogP contribution in [-0.2, 0) is 6.54 Å². The molecule has 2 rings (SSSR count). The minimum Gasteiger partial charge on any atom is -0.435 e. The Bertz CT molecular complexity index is 567. The topological polar surface area (TPSA) is 21.3 Å². The van der Waals surface area contributed by atoms with Gasteiger partial charge in [-0.3, -0.25) is 0 Å². The first-order chi connectivity index (χ1) is 10.1. The second-order valence-corrected chi connectivity index (χ2v) is 5.12. The van der Waals surface area contributed by atoms with Crippen LogP contribution in [-0.4, -0.2) is 6.61 Å². The number of ether oxygens (including phenoxy) is 1. The number of nitrogens with one attached hydrogen (secondary N) is 1. The lowest BCUT2D eigenvalue weighted by atomic mass is 10.0. The number of halogens is 2. The molecule has 2 aromatic rings. The van der Waals surface area contributed by atoms with Gasteiger partial charge < -0.3 is 10.1 Å². The van der Waals surface area contributed by atoms with Crippen molar-refractivity contribution in [3.8, 4) is 5.75 Å². The SMILES string of the molecule is CC(C)c1ccccc1NCc1ccc(OC(F)F)cc1. The van der Waals surface area contributed by atoms with E-state index < -0.39 is 6.61 Å². The highest BCUT2D eigenvalue weighted by Crippen LogP contribution is 2.24. The van der Waals surface area contributed by atoms with Gasteiger partial charge in [-0.15, -0.1) is 0 Å². The summed E-state index contributed by atoms with van der Waals surface area (Å²) in [6.45, 7) is 2.15. The van der Waals surface area contributed by atoms with Crippen molar-refractivity contribution < 1.29 is 13.5 Å². The molecule has 0 saturated heterocycles. The van der Waals surface area contributed by atoms with Crippen molar-refractivity contribution in [3.05, 3.63) is 59.7 Å². The summed E-state index contributed by atoms with van der Waals surface area (Å²) in [7, 11) is 0. The fourth-order valence-corrected chi connectivity index (χ4v) is 2.15. The Morgan fingerprint density at radius 2 is 1.67 bits per heavy atom. The van der Waals surface area contributed by atoms with Crippen LogP contribution in [0.1, 0.15) is 30.9 Å². The van der Waals surface area contributed by atoms with E-state index >= 15 is 0 Å². The van der Waals surface area contributed by atoms with Crippen molar-refractivity contribution in [1.29, 1.82) is 0 Å². The monoisotopic (exact) mass is 291 g/mol. The van der Waals surface area contributed by atoms with E-state index in [0.717, 1.165) is 11.3 Å². The molecule has 21 heavy (non-hydrogen) atoms. The third-order valence-corrected chi connectivity index (χ3v) is 3.21. The average Bonchev–Trinajstić information content (AvgIpc) is 2.46. The van der Waals surface area contributed by atoms with Crippen LogP contribution in [0.2, 0.25) is 0 Å². The van der Waals surface area contributed by atoms with Crippen LogP contribution in [0, 0.1) is 0 Å². The number of para-hydroxylation sites is 1. The molecule has 112 valence electrons. The van der Waals surface area contributed by atoms with Crippen molar-refractivity contribution in [2.75, 3.05) is 5.32 Å². The highest BCUT2D eigenvalue weighted by atomic mass is 19.3. The van der Waals surface area contributed by atoms with Gasteiger partial charge in [0.2, 0.25) is 0 Å². The summed E-state index contributed by atoms with van der Waals surface area (Å²) < 4.78 is 28.5. The van der Waals surface area contributed by atoms with E-state index in [9.17, 15) is 8.78 Å². The first-order valence-corrected chi connectivity index (χ1v) is 6.93. The molecular formula is C17H19F2NO.